The normalized spacial score (nSPS) is 9.86. The van der Waals surface area contributed by atoms with E-state index in [-0.39, 0.29) is 5.82 Å². The van der Waals surface area contributed by atoms with Gasteiger partial charge in [0.2, 0.25) is 0 Å². The molecule has 0 saturated carbocycles. The molecule has 0 heterocycles. The molecular weight excluding hydrogens is 201 g/mol. The van der Waals surface area contributed by atoms with Crippen LogP contribution in [0.5, 0.6) is 0 Å². The highest BCUT2D eigenvalue weighted by Gasteiger charge is 2.05. The molecule has 0 aromatic heterocycles. The topological polar surface area (TPSA) is 23.8 Å². The van der Waals surface area contributed by atoms with Crippen LogP contribution in [-0.2, 0) is 6.42 Å². The molecule has 0 aliphatic carbocycles. The van der Waals surface area contributed by atoms with Crippen molar-refractivity contribution in [2.45, 2.75) is 26.2 Å². The Kier molecular flexibility index (Phi) is 3.91. The number of unbranched alkanes of at least 4 members (excludes halogenated alkanes) is 1. The van der Waals surface area contributed by atoms with Crippen molar-refractivity contribution >= 4 is 11.6 Å². The Balaban J connectivity index is 2.78. The van der Waals surface area contributed by atoms with Gasteiger partial charge in [0.25, 0.3) is 0 Å². The van der Waals surface area contributed by atoms with Gasteiger partial charge in [-0.05, 0) is 43.0 Å². The lowest BCUT2D eigenvalue weighted by molar-refractivity contribution is 0.615. The largest absolute Gasteiger partial charge is 0.207 e. The monoisotopic (exact) mass is 211 g/mol. The Morgan fingerprint density at radius 1 is 1.50 bits per heavy atom. The van der Waals surface area contributed by atoms with Gasteiger partial charge in [0.1, 0.15) is 5.82 Å². The highest BCUT2D eigenvalue weighted by Crippen LogP contribution is 2.21. The van der Waals surface area contributed by atoms with Crippen LogP contribution in [-0.4, -0.2) is 0 Å². The summed E-state index contributed by atoms with van der Waals surface area (Å²) >= 11 is 5.93. The van der Waals surface area contributed by atoms with E-state index in [0.717, 1.165) is 12.0 Å². The number of halogens is 2. The van der Waals surface area contributed by atoms with Gasteiger partial charge in [-0.1, -0.05) is 11.6 Å². The van der Waals surface area contributed by atoms with E-state index in [0.29, 0.717) is 23.4 Å². The molecule has 1 rings (SSSR count). The smallest absolute Gasteiger partial charge is 0.126 e. The Bertz CT molecular complexity index is 368. The van der Waals surface area contributed by atoms with Crippen LogP contribution in [0.3, 0.4) is 0 Å². The molecule has 1 aromatic rings. The van der Waals surface area contributed by atoms with Gasteiger partial charge in [-0.25, -0.2) is 4.39 Å². The summed E-state index contributed by atoms with van der Waals surface area (Å²) in [6.07, 6.45) is 1.86. The summed E-state index contributed by atoms with van der Waals surface area (Å²) < 4.78 is 13.1. The summed E-state index contributed by atoms with van der Waals surface area (Å²) in [5.74, 6) is -0.235. The molecule has 0 bridgehead atoms. The molecular formula is C11H11ClFN. The molecule has 0 aliphatic heterocycles. The van der Waals surface area contributed by atoms with Crippen LogP contribution in [0.25, 0.3) is 0 Å². The van der Waals surface area contributed by atoms with Crippen LogP contribution < -0.4 is 0 Å². The number of nitrogens with zero attached hydrogens (tertiary/aromatic N) is 1. The molecule has 1 aromatic carbocycles. The van der Waals surface area contributed by atoms with Crippen LogP contribution in [0.1, 0.15) is 24.0 Å². The summed E-state index contributed by atoms with van der Waals surface area (Å²) in [5.41, 5.74) is 1.34. The first-order chi connectivity index (χ1) is 6.65. The highest BCUT2D eigenvalue weighted by atomic mass is 35.5. The summed E-state index contributed by atoms with van der Waals surface area (Å²) in [7, 11) is 0. The lowest BCUT2D eigenvalue weighted by Crippen LogP contribution is -1.91. The fourth-order valence-electron chi connectivity index (χ4n) is 1.24. The minimum Gasteiger partial charge on any atom is -0.207 e. The highest BCUT2D eigenvalue weighted by molar-refractivity contribution is 6.31. The SMILES string of the molecule is Cc1cc(Cl)c(CCCC#N)cc1F. The van der Waals surface area contributed by atoms with E-state index in [1.165, 1.54) is 6.07 Å². The predicted molar refractivity (Wildman–Crippen MR) is 54.7 cm³/mol. The van der Waals surface area contributed by atoms with Crippen LogP contribution in [0.15, 0.2) is 12.1 Å². The summed E-state index contributed by atoms with van der Waals surface area (Å²) in [6, 6.07) is 5.12. The van der Waals surface area contributed by atoms with Crippen molar-refractivity contribution in [1.29, 1.82) is 5.26 Å². The molecule has 3 heteroatoms. The molecule has 0 saturated heterocycles. The maximum absolute atomic E-state index is 13.1. The van der Waals surface area contributed by atoms with Crippen molar-refractivity contribution in [3.63, 3.8) is 0 Å². The number of hydrogen-bond acceptors (Lipinski definition) is 1. The van der Waals surface area contributed by atoms with Gasteiger partial charge in [0.05, 0.1) is 6.07 Å². The number of aryl methyl sites for hydroxylation is 2. The van der Waals surface area contributed by atoms with Crippen LogP contribution in [0.2, 0.25) is 5.02 Å². The molecule has 0 atom stereocenters. The van der Waals surface area contributed by atoms with Crippen molar-refractivity contribution < 1.29 is 4.39 Å². The first kappa shape index (κ1) is 11.0. The average Bonchev–Trinajstić information content (AvgIpc) is 2.14. The fraction of sp³-hybridized carbons (Fsp3) is 0.364. The number of rotatable bonds is 3. The summed E-state index contributed by atoms with van der Waals surface area (Å²) in [6.45, 7) is 1.68. The zero-order valence-corrected chi connectivity index (χ0v) is 8.74. The van der Waals surface area contributed by atoms with Crippen molar-refractivity contribution in [2.75, 3.05) is 0 Å². The quantitative estimate of drug-likeness (QED) is 0.701. The van der Waals surface area contributed by atoms with Gasteiger partial charge in [0.15, 0.2) is 0 Å². The van der Waals surface area contributed by atoms with Crippen LogP contribution in [0.4, 0.5) is 4.39 Å². The maximum Gasteiger partial charge on any atom is 0.126 e. The van der Waals surface area contributed by atoms with E-state index >= 15 is 0 Å². The minimum atomic E-state index is -0.235. The third kappa shape index (κ3) is 2.71. The molecule has 0 amide bonds. The first-order valence-electron chi connectivity index (χ1n) is 4.46. The summed E-state index contributed by atoms with van der Waals surface area (Å²) in [5, 5.41) is 8.94. The van der Waals surface area contributed by atoms with Gasteiger partial charge < -0.3 is 0 Å². The Labute approximate surface area is 88.1 Å². The Hall–Kier alpha value is -1.07. The van der Waals surface area contributed by atoms with Gasteiger partial charge in [0, 0.05) is 11.4 Å². The molecule has 0 unspecified atom stereocenters. The minimum absolute atomic E-state index is 0.235. The lowest BCUT2D eigenvalue weighted by atomic mass is 10.1. The second kappa shape index (κ2) is 4.97. The summed E-state index contributed by atoms with van der Waals surface area (Å²) in [4.78, 5) is 0. The second-order valence-electron chi connectivity index (χ2n) is 3.20. The van der Waals surface area contributed by atoms with E-state index in [2.05, 4.69) is 0 Å². The van der Waals surface area contributed by atoms with Crippen LogP contribution in [0, 0.1) is 24.1 Å². The van der Waals surface area contributed by atoms with E-state index < -0.39 is 0 Å². The van der Waals surface area contributed by atoms with Crippen molar-refractivity contribution in [3.05, 3.63) is 34.1 Å². The van der Waals surface area contributed by atoms with Crippen molar-refractivity contribution in [2.24, 2.45) is 0 Å². The molecule has 74 valence electrons. The number of benzene rings is 1. The second-order valence-corrected chi connectivity index (χ2v) is 3.61. The van der Waals surface area contributed by atoms with E-state index in [1.54, 1.807) is 13.0 Å². The zero-order valence-electron chi connectivity index (χ0n) is 7.98. The molecule has 0 spiro atoms. The molecule has 1 nitrogen and oxygen atoms in total. The zero-order chi connectivity index (χ0) is 10.6. The number of nitriles is 1. The maximum atomic E-state index is 13.1. The fourth-order valence-corrected chi connectivity index (χ4v) is 1.55. The van der Waals surface area contributed by atoms with Gasteiger partial charge >= 0.3 is 0 Å². The van der Waals surface area contributed by atoms with Gasteiger partial charge in [-0.3, -0.25) is 0 Å². The van der Waals surface area contributed by atoms with E-state index in [9.17, 15) is 4.39 Å². The first-order valence-corrected chi connectivity index (χ1v) is 4.84. The standard InChI is InChI=1S/C11H11ClFN/c1-8-6-10(12)9(7-11(8)13)4-2-3-5-14/h6-7H,2-4H2,1H3. The third-order valence-electron chi connectivity index (χ3n) is 2.06. The van der Waals surface area contributed by atoms with Gasteiger partial charge in [-0.2, -0.15) is 5.26 Å². The molecule has 0 fully saturated rings. The Morgan fingerprint density at radius 3 is 2.86 bits per heavy atom. The molecule has 0 radical (unpaired) electrons. The predicted octanol–water partition coefficient (Wildman–Crippen LogP) is 3.63. The average molecular weight is 212 g/mol. The molecule has 0 aliphatic rings. The Morgan fingerprint density at radius 2 is 2.21 bits per heavy atom. The van der Waals surface area contributed by atoms with Crippen molar-refractivity contribution in [3.8, 4) is 6.07 Å². The van der Waals surface area contributed by atoms with E-state index in [4.69, 9.17) is 16.9 Å². The lowest BCUT2D eigenvalue weighted by Gasteiger charge is -2.04. The molecule has 14 heavy (non-hydrogen) atoms. The van der Waals surface area contributed by atoms with Crippen molar-refractivity contribution in [1.82, 2.24) is 0 Å². The van der Waals surface area contributed by atoms with E-state index in [1.807, 2.05) is 6.07 Å². The number of hydrogen-bond donors (Lipinski definition) is 0. The molecule has 0 N–H and O–H groups in total. The third-order valence-corrected chi connectivity index (χ3v) is 2.41. The van der Waals surface area contributed by atoms with Gasteiger partial charge in [-0.15, -0.1) is 0 Å². The van der Waals surface area contributed by atoms with Crippen LogP contribution >= 0.6 is 11.6 Å².